The van der Waals surface area contributed by atoms with E-state index in [-0.39, 0.29) is 0 Å². The third-order valence-electron chi connectivity index (χ3n) is 5.36. The first-order valence-electron chi connectivity index (χ1n) is 8.99. The second kappa shape index (κ2) is 5.09. The van der Waals surface area contributed by atoms with Gasteiger partial charge in [0, 0.05) is 22.0 Å². The van der Waals surface area contributed by atoms with Crippen molar-refractivity contribution in [3.05, 3.63) is 59.3 Å². The molecule has 0 bridgehead atoms. The number of H-pyrrole nitrogens is 1. The molecule has 3 heteroatoms. The van der Waals surface area contributed by atoms with Crippen molar-refractivity contribution >= 4 is 38.5 Å². The van der Waals surface area contributed by atoms with E-state index in [2.05, 4.69) is 72.6 Å². The number of imidazole rings is 1. The Hall–Kier alpha value is -2.81. The van der Waals surface area contributed by atoms with Crippen LogP contribution in [-0.4, -0.2) is 14.4 Å². The number of benzene rings is 2. The largest absolute Gasteiger partial charge is 0.353 e. The zero-order valence-corrected chi connectivity index (χ0v) is 14.9. The maximum absolute atomic E-state index is 4.95. The molecule has 0 atom stereocenters. The standard InChI is InChI=1S/C22H21N3/c1-4-7-19-22-16(15-8-5-6-9-17(15)24-22)12-21-23-18-10-13(2)14(3)11-20(18)25(19)21/h5-6,8-12,24H,4,7H2,1-3H3. The summed E-state index contributed by atoms with van der Waals surface area (Å²) >= 11 is 0. The highest BCUT2D eigenvalue weighted by Crippen LogP contribution is 2.32. The van der Waals surface area contributed by atoms with E-state index in [4.69, 9.17) is 4.98 Å². The van der Waals surface area contributed by atoms with Gasteiger partial charge in [-0.1, -0.05) is 31.5 Å². The van der Waals surface area contributed by atoms with Crippen LogP contribution in [0, 0.1) is 13.8 Å². The molecule has 0 saturated carbocycles. The summed E-state index contributed by atoms with van der Waals surface area (Å²) in [6.45, 7) is 6.57. The van der Waals surface area contributed by atoms with E-state index in [1.54, 1.807) is 0 Å². The van der Waals surface area contributed by atoms with Crippen LogP contribution in [0.15, 0.2) is 42.5 Å². The SMILES string of the molecule is CCCc1c2[nH]c3ccccc3c2cc2nc3cc(C)c(C)cc3n12. The Bertz CT molecular complexity index is 1270. The van der Waals surface area contributed by atoms with Crippen LogP contribution in [0.1, 0.15) is 30.2 Å². The second-order valence-electron chi connectivity index (χ2n) is 7.03. The fourth-order valence-corrected chi connectivity index (χ4v) is 3.99. The van der Waals surface area contributed by atoms with Gasteiger partial charge in [-0.2, -0.15) is 0 Å². The number of pyridine rings is 1. The van der Waals surface area contributed by atoms with E-state index < -0.39 is 0 Å². The molecule has 3 aromatic heterocycles. The fraction of sp³-hybridized carbons (Fsp3) is 0.227. The lowest BCUT2D eigenvalue weighted by molar-refractivity contribution is 0.876. The topological polar surface area (TPSA) is 33.1 Å². The maximum Gasteiger partial charge on any atom is 0.138 e. The maximum atomic E-state index is 4.95. The van der Waals surface area contributed by atoms with Gasteiger partial charge in [-0.15, -0.1) is 0 Å². The van der Waals surface area contributed by atoms with E-state index in [0.29, 0.717) is 0 Å². The Morgan fingerprint density at radius 1 is 1.00 bits per heavy atom. The number of aryl methyl sites for hydroxylation is 3. The number of aromatic nitrogens is 3. The van der Waals surface area contributed by atoms with Crippen molar-refractivity contribution in [1.29, 1.82) is 0 Å². The molecule has 0 fully saturated rings. The third-order valence-corrected chi connectivity index (χ3v) is 5.36. The predicted octanol–water partition coefficient (Wildman–Crippen LogP) is 5.69. The van der Waals surface area contributed by atoms with Crippen molar-refractivity contribution < 1.29 is 0 Å². The van der Waals surface area contributed by atoms with E-state index in [9.17, 15) is 0 Å². The van der Waals surface area contributed by atoms with Crippen LogP contribution in [0.3, 0.4) is 0 Å². The lowest BCUT2D eigenvalue weighted by atomic mass is 10.1. The van der Waals surface area contributed by atoms with E-state index in [0.717, 1.165) is 24.0 Å². The third kappa shape index (κ3) is 1.95. The van der Waals surface area contributed by atoms with Crippen LogP contribution in [0.4, 0.5) is 0 Å². The number of para-hydroxylation sites is 1. The van der Waals surface area contributed by atoms with Crippen LogP contribution in [0.2, 0.25) is 0 Å². The Morgan fingerprint density at radius 2 is 1.80 bits per heavy atom. The van der Waals surface area contributed by atoms with Crippen LogP contribution >= 0.6 is 0 Å². The summed E-state index contributed by atoms with van der Waals surface area (Å²) in [5.74, 6) is 0. The van der Waals surface area contributed by atoms with Gasteiger partial charge < -0.3 is 4.98 Å². The molecule has 0 aliphatic heterocycles. The fourth-order valence-electron chi connectivity index (χ4n) is 3.99. The summed E-state index contributed by atoms with van der Waals surface area (Å²) in [7, 11) is 0. The van der Waals surface area contributed by atoms with Gasteiger partial charge in [0.25, 0.3) is 0 Å². The molecule has 0 aliphatic rings. The van der Waals surface area contributed by atoms with Gasteiger partial charge in [0.2, 0.25) is 0 Å². The molecule has 0 radical (unpaired) electrons. The zero-order chi connectivity index (χ0) is 17.1. The predicted molar refractivity (Wildman–Crippen MR) is 106 cm³/mol. The normalized spacial score (nSPS) is 12.1. The molecule has 0 amide bonds. The lowest BCUT2D eigenvalue weighted by Crippen LogP contribution is -1.98. The number of rotatable bonds is 2. The second-order valence-corrected chi connectivity index (χ2v) is 7.03. The van der Waals surface area contributed by atoms with E-state index in [1.807, 2.05) is 0 Å². The number of hydrogen-bond acceptors (Lipinski definition) is 1. The van der Waals surface area contributed by atoms with E-state index in [1.165, 1.54) is 44.1 Å². The molecule has 0 aliphatic carbocycles. The number of nitrogens with zero attached hydrogens (tertiary/aromatic N) is 2. The molecule has 3 heterocycles. The molecular formula is C22H21N3. The van der Waals surface area contributed by atoms with Gasteiger partial charge in [-0.25, -0.2) is 4.98 Å². The van der Waals surface area contributed by atoms with Crippen molar-refractivity contribution in [2.75, 3.05) is 0 Å². The average Bonchev–Trinajstić information content (AvgIpc) is 3.14. The number of fused-ring (bicyclic) bond motifs is 6. The van der Waals surface area contributed by atoms with Gasteiger partial charge in [0.15, 0.2) is 0 Å². The first-order valence-corrected chi connectivity index (χ1v) is 8.99. The summed E-state index contributed by atoms with van der Waals surface area (Å²) in [6, 6.07) is 15.3. The summed E-state index contributed by atoms with van der Waals surface area (Å²) in [5, 5.41) is 2.55. The molecule has 0 unspecified atom stereocenters. The Kier molecular flexibility index (Phi) is 2.96. The Labute approximate surface area is 146 Å². The van der Waals surface area contributed by atoms with Crippen molar-refractivity contribution in [3.63, 3.8) is 0 Å². The molecule has 0 spiro atoms. The average molecular weight is 327 g/mol. The van der Waals surface area contributed by atoms with Crippen molar-refractivity contribution in [3.8, 4) is 0 Å². The minimum Gasteiger partial charge on any atom is -0.353 e. The number of hydrogen-bond donors (Lipinski definition) is 1. The van der Waals surface area contributed by atoms with Gasteiger partial charge in [-0.05, 0) is 55.7 Å². The van der Waals surface area contributed by atoms with Gasteiger partial charge in [0.1, 0.15) is 5.65 Å². The molecule has 124 valence electrons. The van der Waals surface area contributed by atoms with Gasteiger partial charge in [-0.3, -0.25) is 4.40 Å². The van der Waals surface area contributed by atoms with Crippen molar-refractivity contribution in [2.24, 2.45) is 0 Å². The van der Waals surface area contributed by atoms with Gasteiger partial charge in [0.05, 0.1) is 16.6 Å². The Balaban J connectivity index is 2.03. The summed E-state index contributed by atoms with van der Waals surface area (Å²) in [6.07, 6.45) is 2.13. The zero-order valence-electron chi connectivity index (χ0n) is 14.9. The lowest BCUT2D eigenvalue weighted by Gasteiger charge is -2.08. The monoisotopic (exact) mass is 327 g/mol. The molecular weight excluding hydrogens is 306 g/mol. The first-order chi connectivity index (χ1) is 12.2. The van der Waals surface area contributed by atoms with E-state index >= 15 is 0 Å². The van der Waals surface area contributed by atoms with Gasteiger partial charge >= 0.3 is 0 Å². The highest BCUT2D eigenvalue weighted by molar-refractivity contribution is 6.09. The van der Waals surface area contributed by atoms with Crippen LogP contribution in [0.5, 0.6) is 0 Å². The quantitative estimate of drug-likeness (QED) is 0.444. The van der Waals surface area contributed by atoms with Crippen LogP contribution in [-0.2, 0) is 6.42 Å². The highest BCUT2D eigenvalue weighted by Gasteiger charge is 2.16. The summed E-state index contributed by atoms with van der Waals surface area (Å²) in [4.78, 5) is 8.60. The molecule has 2 aromatic carbocycles. The van der Waals surface area contributed by atoms with Crippen molar-refractivity contribution in [1.82, 2.24) is 14.4 Å². The highest BCUT2D eigenvalue weighted by atomic mass is 15.0. The van der Waals surface area contributed by atoms with Crippen molar-refractivity contribution in [2.45, 2.75) is 33.6 Å². The molecule has 5 aromatic rings. The molecule has 5 rings (SSSR count). The smallest absolute Gasteiger partial charge is 0.138 e. The molecule has 1 N–H and O–H groups in total. The van der Waals surface area contributed by atoms with Crippen LogP contribution in [0.25, 0.3) is 38.5 Å². The Morgan fingerprint density at radius 3 is 2.64 bits per heavy atom. The minimum atomic E-state index is 1.03. The molecule has 3 nitrogen and oxygen atoms in total. The molecule has 0 saturated heterocycles. The first kappa shape index (κ1) is 14.5. The molecule has 25 heavy (non-hydrogen) atoms. The number of nitrogens with one attached hydrogen (secondary N) is 1. The van der Waals surface area contributed by atoms with Crippen LogP contribution < -0.4 is 0 Å². The number of aromatic amines is 1. The minimum absolute atomic E-state index is 1.03. The summed E-state index contributed by atoms with van der Waals surface area (Å²) < 4.78 is 2.35. The summed E-state index contributed by atoms with van der Waals surface area (Å²) in [5.41, 5.74) is 9.71.